The van der Waals surface area contributed by atoms with Gasteiger partial charge in [-0.25, -0.2) is 0 Å². The molecule has 3 heteroatoms. The molecule has 0 amide bonds. The minimum atomic E-state index is 0.730. The lowest BCUT2D eigenvalue weighted by Crippen LogP contribution is -1.75. The average molecular weight is 267 g/mol. The second-order valence-corrected chi connectivity index (χ2v) is 5.69. The third kappa shape index (κ3) is 1.97. The van der Waals surface area contributed by atoms with Crippen molar-refractivity contribution in [3.8, 4) is 6.07 Å². The Labute approximate surface area is 113 Å². The van der Waals surface area contributed by atoms with Gasteiger partial charge in [0.2, 0.25) is 0 Å². The molecule has 2 heterocycles. The van der Waals surface area contributed by atoms with Crippen LogP contribution in [-0.2, 0) is 0 Å². The predicted molar refractivity (Wildman–Crippen MR) is 79.6 cm³/mol. The van der Waals surface area contributed by atoms with Crippen LogP contribution in [0.5, 0.6) is 0 Å². The first-order chi connectivity index (χ1) is 8.88. The average Bonchev–Trinajstić information content (AvgIpc) is 3.06. The number of nitrogens with zero attached hydrogens (tertiary/aromatic N) is 1. The first kappa shape index (κ1) is 11.2. The van der Waals surface area contributed by atoms with Crippen molar-refractivity contribution in [1.29, 1.82) is 5.26 Å². The molecule has 0 spiro atoms. The van der Waals surface area contributed by atoms with Crippen molar-refractivity contribution < 1.29 is 0 Å². The van der Waals surface area contributed by atoms with E-state index in [2.05, 4.69) is 23.6 Å². The van der Waals surface area contributed by atoms with Gasteiger partial charge in [-0.2, -0.15) is 5.26 Å². The number of benzene rings is 1. The molecule has 0 aliphatic rings. The fraction of sp³-hybridized carbons (Fsp3) is 0. The van der Waals surface area contributed by atoms with Crippen molar-refractivity contribution in [3.63, 3.8) is 0 Å². The summed E-state index contributed by atoms with van der Waals surface area (Å²) in [4.78, 5) is 1.02. The van der Waals surface area contributed by atoms with E-state index in [1.165, 1.54) is 10.1 Å². The summed E-state index contributed by atoms with van der Waals surface area (Å²) in [6.45, 7) is 0. The molecule has 0 radical (unpaired) electrons. The first-order valence-corrected chi connectivity index (χ1v) is 7.26. The Morgan fingerprint density at radius 1 is 1.11 bits per heavy atom. The lowest BCUT2D eigenvalue weighted by Gasteiger charge is -1.94. The van der Waals surface area contributed by atoms with Gasteiger partial charge in [-0.3, -0.25) is 0 Å². The van der Waals surface area contributed by atoms with Crippen molar-refractivity contribution >= 4 is 44.4 Å². The quantitative estimate of drug-likeness (QED) is 0.598. The monoisotopic (exact) mass is 267 g/mol. The molecule has 1 nitrogen and oxygen atoms in total. The van der Waals surface area contributed by atoms with Gasteiger partial charge in [0.25, 0.3) is 0 Å². The summed E-state index contributed by atoms with van der Waals surface area (Å²) < 4.78 is 1.26. The Bertz CT molecular complexity index is 742. The molecule has 0 unspecified atom stereocenters. The van der Waals surface area contributed by atoms with E-state index in [-0.39, 0.29) is 0 Å². The lowest BCUT2D eigenvalue weighted by atomic mass is 10.1. The van der Waals surface area contributed by atoms with Gasteiger partial charge in [-0.1, -0.05) is 24.3 Å². The lowest BCUT2D eigenvalue weighted by molar-refractivity contribution is 1.54. The summed E-state index contributed by atoms with van der Waals surface area (Å²) in [5.74, 6) is 0. The molecule has 1 aromatic carbocycles. The fourth-order valence-electron chi connectivity index (χ4n) is 1.86. The van der Waals surface area contributed by atoms with Crippen LogP contribution in [0.15, 0.2) is 47.2 Å². The Morgan fingerprint density at radius 2 is 2.00 bits per heavy atom. The summed E-state index contributed by atoms with van der Waals surface area (Å²) >= 11 is 3.31. The fourth-order valence-corrected chi connectivity index (χ4v) is 3.47. The Kier molecular flexibility index (Phi) is 2.97. The summed E-state index contributed by atoms with van der Waals surface area (Å²) in [5, 5.41) is 14.6. The molecule has 3 rings (SSSR count). The van der Waals surface area contributed by atoms with E-state index < -0.39 is 0 Å². The molecular weight excluding hydrogens is 258 g/mol. The molecule has 2 aromatic heterocycles. The van der Waals surface area contributed by atoms with Gasteiger partial charge in [0.15, 0.2) is 0 Å². The third-order valence-corrected chi connectivity index (χ3v) is 4.60. The van der Waals surface area contributed by atoms with E-state index in [0.29, 0.717) is 0 Å². The standard InChI is InChI=1S/C15H9NS2/c16-9-11(14-6-3-7-17-14)8-12-10-18-15-5-2-1-4-13(12)15/h1-8,10H. The van der Waals surface area contributed by atoms with Crippen molar-refractivity contribution in [3.05, 3.63) is 57.6 Å². The van der Waals surface area contributed by atoms with Crippen molar-refractivity contribution in [2.75, 3.05) is 0 Å². The smallest absolute Gasteiger partial charge is 0.101 e. The van der Waals surface area contributed by atoms with Crippen LogP contribution in [0.3, 0.4) is 0 Å². The van der Waals surface area contributed by atoms with Gasteiger partial charge in [-0.05, 0) is 39.9 Å². The van der Waals surface area contributed by atoms with Gasteiger partial charge in [-0.15, -0.1) is 22.7 Å². The second-order valence-electron chi connectivity index (χ2n) is 3.83. The zero-order valence-electron chi connectivity index (χ0n) is 9.46. The number of hydrogen-bond donors (Lipinski definition) is 0. The highest BCUT2D eigenvalue weighted by molar-refractivity contribution is 7.17. The zero-order valence-corrected chi connectivity index (χ0v) is 11.1. The number of thiophene rings is 2. The van der Waals surface area contributed by atoms with Gasteiger partial charge in [0.1, 0.15) is 6.07 Å². The van der Waals surface area contributed by atoms with E-state index in [0.717, 1.165) is 16.0 Å². The van der Waals surface area contributed by atoms with Crippen LogP contribution >= 0.6 is 22.7 Å². The summed E-state index contributed by atoms with van der Waals surface area (Å²) in [5.41, 5.74) is 1.86. The summed E-state index contributed by atoms with van der Waals surface area (Å²) in [6, 6.07) is 14.5. The normalized spacial score (nSPS) is 11.6. The number of allylic oxidation sites excluding steroid dienone is 1. The molecule has 0 saturated carbocycles. The van der Waals surface area contributed by atoms with Crippen LogP contribution < -0.4 is 0 Å². The minimum Gasteiger partial charge on any atom is -0.192 e. The van der Waals surface area contributed by atoms with Crippen LogP contribution in [0.2, 0.25) is 0 Å². The Balaban J connectivity index is 2.13. The van der Waals surface area contributed by atoms with Crippen molar-refractivity contribution in [2.45, 2.75) is 0 Å². The molecule has 0 atom stereocenters. The van der Waals surface area contributed by atoms with E-state index in [4.69, 9.17) is 0 Å². The van der Waals surface area contributed by atoms with Gasteiger partial charge < -0.3 is 0 Å². The molecule has 0 bridgehead atoms. The van der Waals surface area contributed by atoms with E-state index >= 15 is 0 Å². The molecule has 0 aliphatic carbocycles. The molecule has 0 aliphatic heterocycles. The number of nitriles is 1. The Hall–Kier alpha value is -1.89. The van der Waals surface area contributed by atoms with E-state index in [1.807, 2.05) is 35.7 Å². The summed E-state index contributed by atoms with van der Waals surface area (Å²) in [7, 11) is 0. The number of hydrogen-bond acceptors (Lipinski definition) is 3. The van der Waals surface area contributed by atoms with Crippen LogP contribution in [0.4, 0.5) is 0 Å². The van der Waals surface area contributed by atoms with Gasteiger partial charge in [0, 0.05) is 9.58 Å². The zero-order chi connectivity index (χ0) is 12.4. The highest BCUT2D eigenvalue weighted by Crippen LogP contribution is 2.30. The predicted octanol–water partition coefficient (Wildman–Crippen LogP) is 5.03. The molecule has 0 N–H and O–H groups in total. The van der Waals surface area contributed by atoms with Crippen LogP contribution in [0.25, 0.3) is 21.7 Å². The van der Waals surface area contributed by atoms with Gasteiger partial charge >= 0.3 is 0 Å². The molecule has 86 valence electrons. The number of fused-ring (bicyclic) bond motifs is 1. The van der Waals surface area contributed by atoms with Crippen molar-refractivity contribution in [1.82, 2.24) is 0 Å². The topological polar surface area (TPSA) is 23.8 Å². The first-order valence-electron chi connectivity index (χ1n) is 5.50. The molecule has 0 fully saturated rings. The highest BCUT2D eigenvalue weighted by atomic mass is 32.1. The molecule has 18 heavy (non-hydrogen) atoms. The van der Waals surface area contributed by atoms with Crippen LogP contribution in [-0.4, -0.2) is 0 Å². The largest absolute Gasteiger partial charge is 0.192 e. The van der Waals surface area contributed by atoms with E-state index in [1.54, 1.807) is 22.7 Å². The third-order valence-electron chi connectivity index (χ3n) is 2.72. The van der Waals surface area contributed by atoms with Crippen LogP contribution in [0, 0.1) is 11.3 Å². The second kappa shape index (κ2) is 4.77. The number of rotatable bonds is 2. The maximum Gasteiger partial charge on any atom is 0.101 e. The van der Waals surface area contributed by atoms with Crippen molar-refractivity contribution in [2.24, 2.45) is 0 Å². The van der Waals surface area contributed by atoms with E-state index in [9.17, 15) is 5.26 Å². The highest BCUT2D eigenvalue weighted by Gasteiger charge is 2.05. The minimum absolute atomic E-state index is 0.730. The molecule has 0 saturated heterocycles. The Morgan fingerprint density at radius 3 is 2.78 bits per heavy atom. The summed E-state index contributed by atoms with van der Waals surface area (Å²) in [6.07, 6.45) is 1.98. The van der Waals surface area contributed by atoms with Gasteiger partial charge in [0.05, 0.1) is 5.57 Å². The molecule has 3 aromatic rings. The SMILES string of the molecule is N#CC(=Cc1csc2ccccc12)c1cccs1. The maximum absolute atomic E-state index is 9.26. The molecular formula is C15H9NS2. The van der Waals surface area contributed by atoms with Crippen LogP contribution in [0.1, 0.15) is 10.4 Å². The maximum atomic E-state index is 9.26.